The first-order chi connectivity index (χ1) is 11.9. The lowest BCUT2D eigenvalue weighted by Gasteiger charge is -2.35. The maximum Gasteiger partial charge on any atom is 0.235 e. The van der Waals surface area contributed by atoms with Crippen molar-refractivity contribution in [2.45, 2.75) is 37.7 Å². The van der Waals surface area contributed by atoms with E-state index in [1.165, 1.54) is 4.31 Å². The molecule has 0 radical (unpaired) electrons. The molecule has 25 heavy (non-hydrogen) atoms. The molecule has 1 aromatic rings. The summed E-state index contributed by atoms with van der Waals surface area (Å²) in [6.45, 7) is 5.81. The predicted molar refractivity (Wildman–Crippen MR) is 104 cm³/mol. The SMILES string of the molecule is CCCCSC(C)C(=O)N1CCN(S(=O)(=O)Cc2ccccc2)CC1. The summed E-state index contributed by atoms with van der Waals surface area (Å²) >= 11 is 1.69. The minimum absolute atomic E-state index is 0.0189. The molecule has 1 aliphatic rings. The van der Waals surface area contributed by atoms with Crippen molar-refractivity contribution in [3.05, 3.63) is 35.9 Å². The minimum atomic E-state index is -3.33. The third-order valence-corrected chi connectivity index (χ3v) is 7.43. The van der Waals surface area contributed by atoms with E-state index in [1.54, 1.807) is 16.7 Å². The van der Waals surface area contributed by atoms with Crippen molar-refractivity contribution < 1.29 is 13.2 Å². The van der Waals surface area contributed by atoms with Gasteiger partial charge in [0, 0.05) is 26.2 Å². The van der Waals surface area contributed by atoms with E-state index in [1.807, 2.05) is 37.3 Å². The highest BCUT2D eigenvalue weighted by Gasteiger charge is 2.30. The van der Waals surface area contributed by atoms with E-state index >= 15 is 0 Å². The number of thioether (sulfide) groups is 1. The minimum Gasteiger partial charge on any atom is -0.339 e. The van der Waals surface area contributed by atoms with E-state index in [-0.39, 0.29) is 16.9 Å². The normalized spacial score (nSPS) is 17.4. The largest absolute Gasteiger partial charge is 0.339 e. The second kappa shape index (κ2) is 9.59. The molecule has 1 fully saturated rings. The van der Waals surface area contributed by atoms with Crippen molar-refractivity contribution >= 4 is 27.7 Å². The van der Waals surface area contributed by atoms with Gasteiger partial charge in [0.05, 0.1) is 11.0 Å². The fraction of sp³-hybridized carbons (Fsp3) is 0.611. The van der Waals surface area contributed by atoms with E-state index in [9.17, 15) is 13.2 Å². The Kier molecular flexibility index (Phi) is 7.78. The zero-order valence-corrected chi connectivity index (χ0v) is 16.7. The number of unbranched alkanes of at least 4 members (excludes halogenated alkanes) is 1. The van der Waals surface area contributed by atoms with E-state index in [4.69, 9.17) is 0 Å². The van der Waals surface area contributed by atoms with Crippen molar-refractivity contribution in [3.63, 3.8) is 0 Å². The molecule has 1 saturated heterocycles. The Bertz CT molecular complexity index is 642. The summed E-state index contributed by atoms with van der Waals surface area (Å²) in [5.74, 6) is 1.14. The fourth-order valence-electron chi connectivity index (χ4n) is 2.80. The summed E-state index contributed by atoms with van der Waals surface area (Å²) in [5.41, 5.74) is 0.793. The van der Waals surface area contributed by atoms with Crippen LogP contribution in [0.15, 0.2) is 30.3 Å². The molecule has 0 bridgehead atoms. The van der Waals surface area contributed by atoms with Crippen LogP contribution in [-0.4, -0.2) is 60.7 Å². The third kappa shape index (κ3) is 6.01. The van der Waals surface area contributed by atoms with Gasteiger partial charge in [0.25, 0.3) is 0 Å². The van der Waals surface area contributed by atoms with Gasteiger partial charge in [-0.2, -0.15) is 4.31 Å². The number of sulfonamides is 1. The molecule has 0 saturated carbocycles. The second-order valence-corrected chi connectivity index (χ2v) is 9.75. The molecule has 1 unspecified atom stereocenters. The zero-order chi connectivity index (χ0) is 18.3. The Morgan fingerprint density at radius 2 is 1.80 bits per heavy atom. The van der Waals surface area contributed by atoms with E-state index < -0.39 is 10.0 Å². The molecule has 0 N–H and O–H groups in total. The molecule has 1 amide bonds. The molecule has 0 aromatic heterocycles. The average Bonchev–Trinajstić information content (AvgIpc) is 2.62. The van der Waals surface area contributed by atoms with Crippen LogP contribution in [-0.2, 0) is 20.6 Å². The summed E-state index contributed by atoms with van der Waals surface area (Å²) in [6.07, 6.45) is 2.25. The van der Waals surface area contributed by atoms with Gasteiger partial charge in [-0.05, 0) is 24.7 Å². The number of rotatable bonds is 8. The summed E-state index contributed by atoms with van der Waals surface area (Å²) in [7, 11) is -3.33. The topological polar surface area (TPSA) is 57.7 Å². The van der Waals surface area contributed by atoms with Crippen LogP contribution in [0.1, 0.15) is 32.3 Å². The third-order valence-electron chi connectivity index (χ3n) is 4.35. The van der Waals surface area contributed by atoms with Gasteiger partial charge in [-0.1, -0.05) is 43.7 Å². The Labute approximate surface area is 155 Å². The maximum absolute atomic E-state index is 12.6. The van der Waals surface area contributed by atoms with Crippen LogP contribution in [0, 0.1) is 0 Å². The molecule has 1 aliphatic heterocycles. The maximum atomic E-state index is 12.6. The lowest BCUT2D eigenvalue weighted by molar-refractivity contribution is -0.131. The van der Waals surface area contributed by atoms with Crippen LogP contribution in [0.3, 0.4) is 0 Å². The van der Waals surface area contributed by atoms with Crippen LogP contribution in [0.4, 0.5) is 0 Å². The fourth-order valence-corrected chi connectivity index (χ4v) is 5.41. The van der Waals surface area contributed by atoms with Crippen molar-refractivity contribution in [2.24, 2.45) is 0 Å². The summed E-state index contributed by atoms with van der Waals surface area (Å²) in [5, 5.41) is -0.0565. The summed E-state index contributed by atoms with van der Waals surface area (Å²) in [6, 6.07) is 9.22. The molecule has 1 atom stereocenters. The summed E-state index contributed by atoms with van der Waals surface area (Å²) < 4.78 is 26.6. The Morgan fingerprint density at radius 1 is 1.16 bits per heavy atom. The number of hydrogen-bond donors (Lipinski definition) is 0. The van der Waals surface area contributed by atoms with Gasteiger partial charge in [0.1, 0.15) is 0 Å². The van der Waals surface area contributed by atoms with Crippen LogP contribution in [0.2, 0.25) is 0 Å². The number of benzene rings is 1. The van der Waals surface area contributed by atoms with E-state index in [0.29, 0.717) is 26.2 Å². The highest BCUT2D eigenvalue weighted by Crippen LogP contribution is 2.18. The number of hydrogen-bond acceptors (Lipinski definition) is 4. The Morgan fingerprint density at radius 3 is 2.40 bits per heavy atom. The van der Waals surface area contributed by atoms with Gasteiger partial charge < -0.3 is 4.90 Å². The Balaban J connectivity index is 1.85. The first-order valence-corrected chi connectivity index (χ1v) is 11.5. The standard InChI is InChI=1S/C18H28N2O3S2/c1-3-4-14-24-16(2)18(21)19-10-12-20(13-11-19)25(22,23)15-17-8-6-5-7-9-17/h5-9,16H,3-4,10-15H2,1-2H3. The van der Waals surface area contributed by atoms with Crippen molar-refractivity contribution in [1.82, 2.24) is 9.21 Å². The lowest BCUT2D eigenvalue weighted by Crippen LogP contribution is -2.52. The molecule has 5 nitrogen and oxygen atoms in total. The number of carbonyl (C=O) groups excluding carboxylic acids is 1. The predicted octanol–water partition coefficient (Wildman–Crippen LogP) is 2.58. The summed E-state index contributed by atoms with van der Waals surface area (Å²) in [4.78, 5) is 14.3. The monoisotopic (exact) mass is 384 g/mol. The number of carbonyl (C=O) groups is 1. The van der Waals surface area contributed by atoms with Gasteiger partial charge in [-0.25, -0.2) is 8.42 Å². The molecule has 1 aromatic carbocycles. The number of nitrogens with zero attached hydrogens (tertiary/aromatic N) is 2. The highest BCUT2D eigenvalue weighted by molar-refractivity contribution is 8.00. The van der Waals surface area contributed by atoms with Gasteiger partial charge in [-0.3, -0.25) is 4.79 Å². The smallest absolute Gasteiger partial charge is 0.235 e. The number of piperazine rings is 1. The molecular weight excluding hydrogens is 356 g/mol. The lowest BCUT2D eigenvalue weighted by atomic mass is 10.2. The number of amides is 1. The first kappa shape index (κ1) is 20.3. The highest BCUT2D eigenvalue weighted by atomic mass is 32.2. The van der Waals surface area contributed by atoms with Crippen molar-refractivity contribution in [3.8, 4) is 0 Å². The first-order valence-electron chi connectivity index (χ1n) is 8.86. The molecule has 140 valence electrons. The second-order valence-electron chi connectivity index (χ2n) is 6.33. The quantitative estimate of drug-likeness (QED) is 0.647. The Hall–Kier alpha value is -1.05. The van der Waals surface area contributed by atoms with Gasteiger partial charge in [0.2, 0.25) is 15.9 Å². The molecule has 0 spiro atoms. The molecule has 1 heterocycles. The average molecular weight is 385 g/mol. The van der Waals surface area contributed by atoms with E-state index in [2.05, 4.69) is 6.92 Å². The van der Waals surface area contributed by atoms with Crippen molar-refractivity contribution in [2.75, 3.05) is 31.9 Å². The molecule has 7 heteroatoms. The van der Waals surface area contributed by atoms with Crippen LogP contribution >= 0.6 is 11.8 Å². The van der Waals surface area contributed by atoms with E-state index in [0.717, 1.165) is 24.2 Å². The van der Waals surface area contributed by atoms with Gasteiger partial charge >= 0.3 is 0 Å². The van der Waals surface area contributed by atoms with Crippen LogP contribution < -0.4 is 0 Å². The van der Waals surface area contributed by atoms with Gasteiger partial charge in [-0.15, -0.1) is 11.8 Å². The molecular formula is C18H28N2O3S2. The van der Waals surface area contributed by atoms with Gasteiger partial charge in [0.15, 0.2) is 0 Å². The van der Waals surface area contributed by atoms with Crippen LogP contribution in [0.25, 0.3) is 0 Å². The zero-order valence-electron chi connectivity index (χ0n) is 15.1. The molecule has 0 aliphatic carbocycles. The van der Waals surface area contributed by atoms with Crippen molar-refractivity contribution in [1.29, 1.82) is 0 Å². The van der Waals surface area contributed by atoms with Crippen LogP contribution in [0.5, 0.6) is 0 Å². The molecule has 2 rings (SSSR count).